The smallest absolute Gasteiger partial charge is 0.314 e. The van der Waals surface area contributed by atoms with Crippen LogP contribution < -0.4 is 15.5 Å². The fourth-order valence-corrected chi connectivity index (χ4v) is 2.06. The number of benzene rings is 1. The minimum atomic E-state index is -0.141. The maximum absolute atomic E-state index is 11.7. The highest BCUT2D eigenvalue weighted by Crippen LogP contribution is 2.09. The molecule has 0 unspecified atom stereocenters. The van der Waals surface area contributed by atoms with E-state index in [0.717, 1.165) is 24.3 Å². The molecule has 5 heteroatoms. The minimum absolute atomic E-state index is 0.141. The molecule has 1 heterocycles. The highest BCUT2D eigenvalue weighted by atomic mass is 16.2. The van der Waals surface area contributed by atoms with Gasteiger partial charge in [0.15, 0.2) is 0 Å². The number of anilines is 1. The number of likely N-dealkylation sites (N-methyl/N-ethyl adjacent to an activating group) is 1. The molecule has 0 spiro atoms. The number of pyridine rings is 1. The Morgan fingerprint density at radius 1 is 1.05 bits per heavy atom. The Balaban J connectivity index is 1.60. The van der Waals surface area contributed by atoms with E-state index in [9.17, 15) is 4.79 Å². The molecule has 0 aliphatic heterocycles. The molecule has 1 aromatic carbocycles. The first-order chi connectivity index (χ1) is 10.8. The first-order valence-corrected chi connectivity index (χ1v) is 7.43. The first-order valence-electron chi connectivity index (χ1n) is 7.43. The summed E-state index contributed by atoms with van der Waals surface area (Å²) in [6.45, 7) is 1.94. The van der Waals surface area contributed by atoms with Crippen molar-refractivity contribution in [3.05, 3.63) is 60.4 Å². The van der Waals surface area contributed by atoms with Crippen LogP contribution in [-0.2, 0) is 6.42 Å². The number of urea groups is 1. The number of carbonyl (C=O) groups excluding carboxylic acids is 1. The van der Waals surface area contributed by atoms with Gasteiger partial charge in [-0.2, -0.15) is 0 Å². The van der Waals surface area contributed by atoms with Gasteiger partial charge in [-0.05, 0) is 24.3 Å². The predicted molar refractivity (Wildman–Crippen MR) is 89.1 cm³/mol. The van der Waals surface area contributed by atoms with E-state index in [2.05, 4.69) is 20.5 Å². The van der Waals surface area contributed by atoms with Crippen LogP contribution in [0.25, 0.3) is 0 Å². The zero-order chi connectivity index (χ0) is 15.6. The monoisotopic (exact) mass is 298 g/mol. The molecule has 0 radical (unpaired) electrons. The number of amides is 2. The number of hydrogen-bond donors (Lipinski definition) is 2. The highest BCUT2D eigenvalue weighted by molar-refractivity contribution is 5.73. The van der Waals surface area contributed by atoms with Crippen molar-refractivity contribution >= 4 is 11.7 Å². The van der Waals surface area contributed by atoms with Crippen molar-refractivity contribution in [3.8, 4) is 0 Å². The Morgan fingerprint density at radius 3 is 2.50 bits per heavy atom. The average Bonchev–Trinajstić information content (AvgIpc) is 2.56. The van der Waals surface area contributed by atoms with Gasteiger partial charge in [0.1, 0.15) is 0 Å². The van der Waals surface area contributed by atoms with Crippen LogP contribution in [0.3, 0.4) is 0 Å². The molecule has 0 fully saturated rings. The third-order valence-electron chi connectivity index (χ3n) is 3.32. The van der Waals surface area contributed by atoms with Crippen LogP contribution in [0.4, 0.5) is 10.5 Å². The van der Waals surface area contributed by atoms with Crippen molar-refractivity contribution in [2.24, 2.45) is 0 Å². The summed E-state index contributed by atoms with van der Waals surface area (Å²) in [6, 6.07) is 15.7. The zero-order valence-electron chi connectivity index (χ0n) is 12.8. The second-order valence-electron chi connectivity index (χ2n) is 5.01. The molecule has 0 bridgehead atoms. The summed E-state index contributed by atoms with van der Waals surface area (Å²) < 4.78 is 0. The molecule has 2 N–H and O–H groups in total. The molecule has 22 heavy (non-hydrogen) atoms. The standard InChI is InChI=1S/C17H22N4O/c1-21(16-8-3-2-4-9-16)14-13-20-17(22)19-12-10-15-7-5-6-11-18-15/h2-9,11H,10,12-14H2,1H3,(H2,19,20,22). The van der Waals surface area contributed by atoms with E-state index < -0.39 is 0 Å². The molecule has 0 saturated carbocycles. The largest absolute Gasteiger partial charge is 0.373 e. The summed E-state index contributed by atoms with van der Waals surface area (Å²) in [5, 5.41) is 5.69. The van der Waals surface area contributed by atoms with Crippen molar-refractivity contribution in [2.75, 3.05) is 31.6 Å². The number of para-hydroxylation sites is 1. The van der Waals surface area contributed by atoms with Gasteiger partial charge in [0.25, 0.3) is 0 Å². The lowest BCUT2D eigenvalue weighted by Gasteiger charge is -2.19. The molecule has 2 aromatic rings. The molecule has 1 aromatic heterocycles. The van der Waals surface area contributed by atoms with Gasteiger partial charge >= 0.3 is 6.03 Å². The quantitative estimate of drug-likeness (QED) is 0.822. The highest BCUT2D eigenvalue weighted by Gasteiger charge is 2.02. The molecule has 2 rings (SSSR count). The zero-order valence-corrected chi connectivity index (χ0v) is 12.8. The maximum Gasteiger partial charge on any atom is 0.314 e. The van der Waals surface area contributed by atoms with Gasteiger partial charge in [0, 0.05) is 50.7 Å². The fourth-order valence-electron chi connectivity index (χ4n) is 2.06. The number of hydrogen-bond acceptors (Lipinski definition) is 3. The van der Waals surface area contributed by atoms with Crippen LogP contribution in [0.2, 0.25) is 0 Å². The Hall–Kier alpha value is -2.56. The Labute approximate surface area is 131 Å². The van der Waals surface area contributed by atoms with Gasteiger partial charge < -0.3 is 15.5 Å². The van der Waals surface area contributed by atoms with E-state index >= 15 is 0 Å². The Morgan fingerprint density at radius 2 is 1.77 bits per heavy atom. The van der Waals surface area contributed by atoms with E-state index in [1.165, 1.54) is 0 Å². The van der Waals surface area contributed by atoms with Crippen molar-refractivity contribution in [1.29, 1.82) is 0 Å². The number of carbonyl (C=O) groups is 1. The van der Waals surface area contributed by atoms with Crippen molar-refractivity contribution in [2.45, 2.75) is 6.42 Å². The molecule has 116 valence electrons. The SMILES string of the molecule is CN(CCNC(=O)NCCc1ccccn1)c1ccccc1. The van der Waals surface area contributed by atoms with Gasteiger partial charge in [-0.1, -0.05) is 24.3 Å². The molecule has 0 aliphatic rings. The van der Waals surface area contributed by atoms with Crippen molar-refractivity contribution in [1.82, 2.24) is 15.6 Å². The van der Waals surface area contributed by atoms with E-state index in [1.54, 1.807) is 6.20 Å². The molecule has 2 amide bonds. The van der Waals surface area contributed by atoms with Gasteiger partial charge in [-0.15, -0.1) is 0 Å². The number of aromatic nitrogens is 1. The topological polar surface area (TPSA) is 57.3 Å². The van der Waals surface area contributed by atoms with E-state index in [4.69, 9.17) is 0 Å². The molecule has 0 atom stereocenters. The number of nitrogens with zero attached hydrogens (tertiary/aromatic N) is 2. The third kappa shape index (κ3) is 5.44. The maximum atomic E-state index is 11.7. The Bertz CT molecular complexity index is 559. The molecule has 0 aliphatic carbocycles. The lowest BCUT2D eigenvalue weighted by molar-refractivity contribution is 0.241. The molecular weight excluding hydrogens is 276 g/mol. The first kappa shape index (κ1) is 15.8. The summed E-state index contributed by atoms with van der Waals surface area (Å²) in [6.07, 6.45) is 2.49. The summed E-state index contributed by atoms with van der Waals surface area (Å²) in [4.78, 5) is 18.0. The summed E-state index contributed by atoms with van der Waals surface area (Å²) in [7, 11) is 2.01. The number of nitrogens with one attached hydrogen (secondary N) is 2. The summed E-state index contributed by atoms with van der Waals surface area (Å²) in [5.74, 6) is 0. The minimum Gasteiger partial charge on any atom is -0.373 e. The second-order valence-corrected chi connectivity index (χ2v) is 5.01. The van der Waals surface area contributed by atoms with Crippen molar-refractivity contribution < 1.29 is 4.79 Å². The fraction of sp³-hybridized carbons (Fsp3) is 0.294. The third-order valence-corrected chi connectivity index (χ3v) is 3.32. The van der Waals surface area contributed by atoms with Crippen molar-refractivity contribution in [3.63, 3.8) is 0 Å². The Kier molecular flexibility index (Phi) is 6.23. The summed E-state index contributed by atoms with van der Waals surface area (Å²) in [5.41, 5.74) is 2.12. The average molecular weight is 298 g/mol. The van der Waals surface area contributed by atoms with E-state index in [1.807, 2.05) is 55.6 Å². The normalized spacial score (nSPS) is 10.0. The molecule has 5 nitrogen and oxygen atoms in total. The predicted octanol–water partition coefficient (Wildman–Crippen LogP) is 2.06. The van der Waals surface area contributed by atoms with Gasteiger partial charge in [0.2, 0.25) is 0 Å². The van der Waals surface area contributed by atoms with Gasteiger partial charge in [0.05, 0.1) is 0 Å². The van der Waals surface area contributed by atoms with E-state index in [-0.39, 0.29) is 6.03 Å². The van der Waals surface area contributed by atoms with Crippen LogP contribution >= 0.6 is 0 Å². The second kappa shape index (κ2) is 8.67. The van der Waals surface area contributed by atoms with Gasteiger partial charge in [-0.3, -0.25) is 4.98 Å². The van der Waals surface area contributed by atoms with Crippen LogP contribution in [0.15, 0.2) is 54.7 Å². The summed E-state index contributed by atoms with van der Waals surface area (Å²) >= 11 is 0. The van der Waals surface area contributed by atoms with Crippen LogP contribution in [-0.4, -0.2) is 37.7 Å². The van der Waals surface area contributed by atoms with Gasteiger partial charge in [-0.25, -0.2) is 4.79 Å². The van der Waals surface area contributed by atoms with Crippen LogP contribution in [0, 0.1) is 0 Å². The van der Waals surface area contributed by atoms with Crippen LogP contribution in [0.1, 0.15) is 5.69 Å². The molecular formula is C17H22N4O. The van der Waals surface area contributed by atoms with Crippen LogP contribution in [0.5, 0.6) is 0 Å². The number of rotatable bonds is 7. The lowest BCUT2D eigenvalue weighted by atomic mass is 10.3. The van der Waals surface area contributed by atoms with E-state index in [0.29, 0.717) is 13.1 Å². The molecule has 0 saturated heterocycles. The lowest BCUT2D eigenvalue weighted by Crippen LogP contribution is -2.40.